The van der Waals surface area contributed by atoms with Crippen molar-refractivity contribution in [2.75, 3.05) is 0 Å². The number of aromatic nitrogens is 4. The summed E-state index contributed by atoms with van der Waals surface area (Å²) < 4.78 is 1.69. The molecule has 0 bridgehead atoms. The Morgan fingerprint density at radius 1 is 1.38 bits per heavy atom. The van der Waals surface area contributed by atoms with Gasteiger partial charge in [-0.3, -0.25) is 9.48 Å². The molecule has 2 aromatic heterocycles. The average molecular weight is 178 g/mol. The number of hydrogen-bond acceptors (Lipinski definition) is 3. The summed E-state index contributed by atoms with van der Waals surface area (Å²) in [5.74, 6) is 0. The molecule has 0 aliphatic carbocycles. The number of aromatic amines is 1. The van der Waals surface area contributed by atoms with Crippen molar-refractivity contribution in [3.8, 4) is 0 Å². The van der Waals surface area contributed by atoms with Crippen molar-refractivity contribution in [1.82, 2.24) is 20.0 Å². The maximum Gasteiger partial charge on any atom is 0.275 e. The lowest BCUT2D eigenvalue weighted by atomic mass is 10.2. The van der Waals surface area contributed by atoms with E-state index in [9.17, 15) is 4.79 Å². The molecular weight excluding hydrogens is 168 g/mol. The summed E-state index contributed by atoms with van der Waals surface area (Å²) in [5.41, 5.74) is 2.12. The van der Waals surface area contributed by atoms with Gasteiger partial charge in [-0.05, 0) is 13.8 Å². The third-order valence-corrected chi connectivity index (χ3v) is 2.23. The molecule has 13 heavy (non-hydrogen) atoms. The normalized spacial score (nSPS) is 11.0. The Balaban J connectivity index is 3.09. The van der Waals surface area contributed by atoms with Gasteiger partial charge < -0.3 is 0 Å². The maximum absolute atomic E-state index is 11.4. The second kappa shape index (κ2) is 2.42. The zero-order valence-electron chi connectivity index (χ0n) is 7.75. The van der Waals surface area contributed by atoms with Crippen LogP contribution in [0.15, 0.2) is 4.79 Å². The van der Waals surface area contributed by atoms with Crippen molar-refractivity contribution >= 4 is 10.9 Å². The molecule has 5 heteroatoms. The van der Waals surface area contributed by atoms with Crippen LogP contribution in [0.2, 0.25) is 0 Å². The van der Waals surface area contributed by atoms with E-state index in [2.05, 4.69) is 15.3 Å². The lowest BCUT2D eigenvalue weighted by molar-refractivity contribution is 0.749. The molecule has 0 saturated carbocycles. The predicted molar refractivity (Wildman–Crippen MR) is 48.6 cm³/mol. The van der Waals surface area contributed by atoms with Crippen LogP contribution in [0.5, 0.6) is 0 Å². The molecule has 1 N–H and O–H groups in total. The third-order valence-electron chi connectivity index (χ3n) is 2.23. The van der Waals surface area contributed by atoms with Crippen LogP contribution >= 0.6 is 0 Å². The minimum Gasteiger partial charge on any atom is -0.271 e. The van der Waals surface area contributed by atoms with Crippen molar-refractivity contribution in [3.05, 3.63) is 21.7 Å². The molecule has 0 atom stereocenters. The largest absolute Gasteiger partial charge is 0.275 e. The molecule has 0 saturated heterocycles. The zero-order valence-corrected chi connectivity index (χ0v) is 7.75. The predicted octanol–water partition coefficient (Wildman–Crippen LogP) is 0.273. The van der Waals surface area contributed by atoms with Gasteiger partial charge in [0, 0.05) is 12.7 Å². The van der Waals surface area contributed by atoms with Crippen LogP contribution in [0.3, 0.4) is 0 Å². The first kappa shape index (κ1) is 7.97. The molecule has 5 nitrogen and oxygen atoms in total. The Hall–Kier alpha value is -1.65. The molecule has 0 aliphatic rings. The van der Waals surface area contributed by atoms with Gasteiger partial charge in [0.15, 0.2) is 0 Å². The average Bonchev–Trinajstić information content (AvgIpc) is 2.38. The van der Waals surface area contributed by atoms with E-state index in [1.54, 1.807) is 4.68 Å². The lowest BCUT2D eigenvalue weighted by Gasteiger charge is -1.91. The number of hydrogen-bond donors (Lipinski definition) is 1. The Morgan fingerprint density at radius 3 is 2.69 bits per heavy atom. The molecule has 0 amide bonds. The molecule has 2 heterocycles. The van der Waals surface area contributed by atoms with Crippen molar-refractivity contribution in [2.45, 2.75) is 13.8 Å². The van der Waals surface area contributed by atoms with Gasteiger partial charge in [0.1, 0.15) is 5.52 Å². The quantitative estimate of drug-likeness (QED) is 0.630. The van der Waals surface area contributed by atoms with Gasteiger partial charge in [-0.1, -0.05) is 0 Å². The molecule has 0 aromatic carbocycles. The van der Waals surface area contributed by atoms with Crippen LogP contribution in [0.25, 0.3) is 10.9 Å². The highest BCUT2D eigenvalue weighted by molar-refractivity contribution is 5.81. The van der Waals surface area contributed by atoms with Gasteiger partial charge in [0.25, 0.3) is 5.56 Å². The Kier molecular flexibility index (Phi) is 1.48. The fraction of sp³-hybridized carbons (Fsp3) is 0.375. The van der Waals surface area contributed by atoms with E-state index in [-0.39, 0.29) is 5.56 Å². The van der Waals surface area contributed by atoms with Crippen molar-refractivity contribution in [3.63, 3.8) is 0 Å². The number of rotatable bonds is 0. The number of nitrogens with one attached hydrogen (secondary N) is 1. The Labute approximate surface area is 74.4 Å². The Morgan fingerprint density at radius 2 is 2.08 bits per heavy atom. The van der Waals surface area contributed by atoms with Gasteiger partial charge in [0.2, 0.25) is 0 Å². The fourth-order valence-electron chi connectivity index (χ4n) is 1.38. The van der Waals surface area contributed by atoms with Crippen molar-refractivity contribution in [1.29, 1.82) is 0 Å². The highest BCUT2D eigenvalue weighted by Gasteiger charge is 2.10. The monoisotopic (exact) mass is 178 g/mol. The first-order valence-electron chi connectivity index (χ1n) is 4.00. The summed E-state index contributed by atoms with van der Waals surface area (Å²) >= 11 is 0. The number of H-pyrrole nitrogens is 1. The van der Waals surface area contributed by atoms with E-state index in [1.807, 2.05) is 20.9 Å². The van der Waals surface area contributed by atoms with Gasteiger partial charge >= 0.3 is 0 Å². The summed E-state index contributed by atoms with van der Waals surface area (Å²) in [6, 6.07) is 0. The van der Waals surface area contributed by atoms with Crippen LogP contribution < -0.4 is 5.56 Å². The van der Waals surface area contributed by atoms with E-state index in [4.69, 9.17) is 0 Å². The van der Waals surface area contributed by atoms with Gasteiger partial charge in [-0.25, -0.2) is 5.10 Å². The van der Waals surface area contributed by atoms with Crippen molar-refractivity contribution < 1.29 is 0 Å². The lowest BCUT2D eigenvalue weighted by Crippen LogP contribution is -2.09. The zero-order chi connectivity index (χ0) is 9.59. The first-order chi connectivity index (χ1) is 6.11. The van der Waals surface area contributed by atoms with Crippen LogP contribution in [0, 0.1) is 13.8 Å². The SMILES string of the molecule is Cc1n[nH]c(=O)c2c(C)n(C)nc12. The highest BCUT2D eigenvalue weighted by atomic mass is 16.1. The van der Waals surface area contributed by atoms with Gasteiger partial charge in [-0.2, -0.15) is 10.2 Å². The molecule has 2 aromatic rings. The molecule has 0 aliphatic heterocycles. The van der Waals surface area contributed by atoms with Gasteiger partial charge in [0.05, 0.1) is 11.1 Å². The number of nitrogens with zero attached hydrogens (tertiary/aromatic N) is 3. The van der Waals surface area contributed by atoms with Crippen LogP contribution in [0.4, 0.5) is 0 Å². The van der Waals surface area contributed by atoms with E-state index in [0.29, 0.717) is 10.9 Å². The number of aryl methyl sites for hydroxylation is 3. The second-order valence-corrected chi connectivity index (χ2v) is 3.07. The van der Waals surface area contributed by atoms with E-state index in [0.717, 1.165) is 11.4 Å². The minimum atomic E-state index is -0.175. The highest BCUT2D eigenvalue weighted by Crippen LogP contribution is 2.13. The molecule has 0 fully saturated rings. The fourth-order valence-corrected chi connectivity index (χ4v) is 1.38. The molecule has 0 radical (unpaired) electrons. The van der Waals surface area contributed by atoms with E-state index < -0.39 is 0 Å². The van der Waals surface area contributed by atoms with E-state index >= 15 is 0 Å². The molecule has 0 unspecified atom stereocenters. The summed E-state index contributed by atoms with van der Waals surface area (Å²) in [5, 5.41) is 11.1. The second-order valence-electron chi connectivity index (χ2n) is 3.07. The first-order valence-corrected chi connectivity index (χ1v) is 4.00. The van der Waals surface area contributed by atoms with E-state index in [1.165, 1.54) is 0 Å². The van der Waals surface area contributed by atoms with Crippen molar-refractivity contribution in [2.24, 2.45) is 7.05 Å². The van der Waals surface area contributed by atoms with Crippen LogP contribution in [-0.2, 0) is 7.05 Å². The minimum absolute atomic E-state index is 0.175. The summed E-state index contributed by atoms with van der Waals surface area (Å²) in [6.45, 7) is 3.69. The molecule has 68 valence electrons. The summed E-state index contributed by atoms with van der Waals surface area (Å²) in [4.78, 5) is 11.4. The van der Waals surface area contributed by atoms with Crippen LogP contribution in [0.1, 0.15) is 11.4 Å². The molecule has 0 spiro atoms. The maximum atomic E-state index is 11.4. The summed E-state index contributed by atoms with van der Waals surface area (Å²) in [7, 11) is 1.81. The standard InChI is InChI=1S/C8H10N4O/c1-4-7-6(8(13)10-9-4)5(2)12(3)11-7/h1-3H3,(H,10,13). The molecule has 2 rings (SSSR count). The number of fused-ring (bicyclic) bond motifs is 1. The summed E-state index contributed by atoms with van der Waals surface area (Å²) in [6.07, 6.45) is 0. The Bertz CT molecular complexity index is 523. The third kappa shape index (κ3) is 0.965. The van der Waals surface area contributed by atoms with Gasteiger partial charge in [-0.15, -0.1) is 0 Å². The smallest absolute Gasteiger partial charge is 0.271 e. The van der Waals surface area contributed by atoms with Crippen LogP contribution in [-0.4, -0.2) is 20.0 Å². The molecular formula is C8H10N4O. The topological polar surface area (TPSA) is 63.6 Å².